The van der Waals surface area contributed by atoms with E-state index in [-0.39, 0.29) is 12.5 Å². The highest BCUT2D eigenvalue weighted by molar-refractivity contribution is 5.99. The molecule has 9 heteroatoms. The Hall–Kier alpha value is -3.62. The number of oxime groups is 1. The standard InChI is InChI=1S/C20H19FN2O6/c1-12-3-5-16(15(21)7-12)22-19(24)9-26-20(25)10-29-23-13(2)14-4-6-17-18(8-14)28-11-27-17/h3-8H,9-11H2,1-2H3,(H,22,24)/b23-13+. The van der Waals surface area contributed by atoms with Gasteiger partial charge in [0.25, 0.3) is 5.91 Å². The topological polar surface area (TPSA) is 95.5 Å². The lowest BCUT2D eigenvalue weighted by Gasteiger charge is -2.08. The lowest BCUT2D eigenvalue weighted by molar-refractivity contribution is -0.151. The zero-order valence-corrected chi connectivity index (χ0v) is 15.9. The molecule has 0 fully saturated rings. The number of fused-ring (bicyclic) bond motifs is 1. The van der Waals surface area contributed by atoms with Crippen LogP contribution in [0.5, 0.6) is 11.5 Å². The third-order valence-electron chi connectivity index (χ3n) is 3.94. The van der Waals surface area contributed by atoms with E-state index in [2.05, 4.69) is 10.5 Å². The van der Waals surface area contributed by atoms with E-state index in [9.17, 15) is 14.0 Å². The first-order valence-electron chi connectivity index (χ1n) is 8.70. The van der Waals surface area contributed by atoms with Gasteiger partial charge in [0.2, 0.25) is 13.4 Å². The predicted octanol–water partition coefficient (Wildman–Crippen LogP) is 2.79. The van der Waals surface area contributed by atoms with E-state index in [1.165, 1.54) is 12.1 Å². The van der Waals surface area contributed by atoms with Crippen LogP contribution in [0, 0.1) is 12.7 Å². The summed E-state index contributed by atoms with van der Waals surface area (Å²) in [5.41, 5.74) is 1.99. The van der Waals surface area contributed by atoms with Gasteiger partial charge in [-0.3, -0.25) is 4.79 Å². The number of aryl methyl sites for hydroxylation is 1. The number of anilines is 1. The van der Waals surface area contributed by atoms with Crippen molar-refractivity contribution >= 4 is 23.3 Å². The van der Waals surface area contributed by atoms with Gasteiger partial charge in [-0.05, 0) is 49.7 Å². The third-order valence-corrected chi connectivity index (χ3v) is 3.94. The maximum Gasteiger partial charge on any atom is 0.347 e. The first kappa shape index (κ1) is 20.1. The molecule has 152 valence electrons. The predicted molar refractivity (Wildman–Crippen MR) is 101 cm³/mol. The smallest absolute Gasteiger partial charge is 0.347 e. The Kier molecular flexibility index (Phi) is 6.28. The van der Waals surface area contributed by atoms with Gasteiger partial charge in [-0.2, -0.15) is 0 Å². The Bertz CT molecular complexity index is 960. The Labute approximate surface area is 166 Å². The van der Waals surface area contributed by atoms with Gasteiger partial charge in [0.15, 0.2) is 18.1 Å². The SMILES string of the molecule is C/C(=N\OCC(=O)OCC(=O)Nc1ccc(C)cc1F)c1ccc2c(c1)OCO2. The Morgan fingerprint density at radius 3 is 2.72 bits per heavy atom. The molecule has 0 radical (unpaired) electrons. The van der Waals surface area contributed by atoms with Crippen LogP contribution in [0.3, 0.4) is 0 Å². The number of esters is 1. The molecular formula is C20H19FN2O6. The van der Waals surface area contributed by atoms with Crippen LogP contribution in [0.2, 0.25) is 0 Å². The number of carbonyl (C=O) groups is 2. The molecule has 0 bridgehead atoms. The molecule has 3 rings (SSSR count). The van der Waals surface area contributed by atoms with Gasteiger partial charge in [0, 0.05) is 5.56 Å². The van der Waals surface area contributed by atoms with Crippen molar-refractivity contribution < 1.29 is 33.0 Å². The summed E-state index contributed by atoms with van der Waals surface area (Å²) in [6, 6.07) is 9.65. The third kappa shape index (κ3) is 5.44. The number of amides is 1. The van der Waals surface area contributed by atoms with Crippen molar-refractivity contribution in [3.05, 3.63) is 53.3 Å². The van der Waals surface area contributed by atoms with Gasteiger partial charge in [0.05, 0.1) is 11.4 Å². The van der Waals surface area contributed by atoms with Crippen molar-refractivity contribution in [1.82, 2.24) is 0 Å². The highest BCUT2D eigenvalue weighted by Crippen LogP contribution is 2.32. The zero-order valence-electron chi connectivity index (χ0n) is 15.9. The summed E-state index contributed by atoms with van der Waals surface area (Å²) in [6.07, 6.45) is 0. The summed E-state index contributed by atoms with van der Waals surface area (Å²) in [5, 5.41) is 6.17. The van der Waals surface area contributed by atoms with E-state index in [1.54, 1.807) is 38.1 Å². The number of nitrogens with zero attached hydrogens (tertiary/aromatic N) is 1. The van der Waals surface area contributed by atoms with E-state index >= 15 is 0 Å². The second-order valence-corrected chi connectivity index (χ2v) is 6.21. The van der Waals surface area contributed by atoms with Crippen LogP contribution < -0.4 is 14.8 Å². The number of benzene rings is 2. The number of rotatable bonds is 7. The molecule has 1 aliphatic heterocycles. The Morgan fingerprint density at radius 1 is 1.14 bits per heavy atom. The minimum Gasteiger partial charge on any atom is -0.454 e. The van der Waals surface area contributed by atoms with Crippen molar-refractivity contribution in [2.75, 3.05) is 25.3 Å². The molecule has 8 nitrogen and oxygen atoms in total. The molecule has 2 aromatic carbocycles. The van der Waals surface area contributed by atoms with Crippen LogP contribution in [0.15, 0.2) is 41.6 Å². The fourth-order valence-electron chi connectivity index (χ4n) is 2.45. The fourth-order valence-corrected chi connectivity index (χ4v) is 2.45. The van der Waals surface area contributed by atoms with E-state index in [0.29, 0.717) is 17.2 Å². The highest BCUT2D eigenvalue weighted by Gasteiger charge is 2.14. The second-order valence-electron chi connectivity index (χ2n) is 6.21. The summed E-state index contributed by atoms with van der Waals surface area (Å²) in [6.45, 7) is 2.55. The van der Waals surface area contributed by atoms with E-state index in [0.717, 1.165) is 11.1 Å². The number of carbonyl (C=O) groups excluding carboxylic acids is 2. The monoisotopic (exact) mass is 402 g/mol. The maximum absolute atomic E-state index is 13.7. The molecule has 0 aliphatic carbocycles. The second kappa shape index (κ2) is 9.05. The number of hydrogen-bond donors (Lipinski definition) is 1. The van der Waals surface area contributed by atoms with Gasteiger partial charge < -0.3 is 24.4 Å². The molecule has 1 N–H and O–H groups in total. The van der Waals surface area contributed by atoms with Crippen molar-refractivity contribution in [3.63, 3.8) is 0 Å². The van der Waals surface area contributed by atoms with Gasteiger partial charge in [0.1, 0.15) is 5.82 Å². The number of hydrogen-bond acceptors (Lipinski definition) is 7. The average Bonchev–Trinajstić information content (AvgIpc) is 3.16. The van der Waals surface area contributed by atoms with Crippen LogP contribution in [0.4, 0.5) is 10.1 Å². The zero-order chi connectivity index (χ0) is 20.8. The molecule has 0 saturated heterocycles. The average molecular weight is 402 g/mol. The normalized spacial score (nSPS) is 12.4. The van der Waals surface area contributed by atoms with Crippen molar-refractivity contribution in [3.8, 4) is 11.5 Å². The number of ether oxygens (including phenoxy) is 3. The van der Waals surface area contributed by atoms with Crippen LogP contribution in [-0.4, -0.2) is 37.6 Å². The van der Waals surface area contributed by atoms with Crippen molar-refractivity contribution in [2.45, 2.75) is 13.8 Å². The van der Waals surface area contributed by atoms with Crippen LogP contribution >= 0.6 is 0 Å². The van der Waals surface area contributed by atoms with Crippen LogP contribution in [-0.2, 0) is 19.2 Å². The number of halogens is 1. The lowest BCUT2D eigenvalue weighted by Crippen LogP contribution is -2.23. The molecule has 1 aliphatic rings. The molecule has 0 spiro atoms. The lowest BCUT2D eigenvalue weighted by atomic mass is 10.1. The first-order valence-corrected chi connectivity index (χ1v) is 8.70. The largest absolute Gasteiger partial charge is 0.454 e. The first-order chi connectivity index (χ1) is 13.9. The van der Waals surface area contributed by atoms with Crippen molar-refractivity contribution in [2.24, 2.45) is 5.16 Å². The summed E-state index contributed by atoms with van der Waals surface area (Å²) in [5.74, 6) is -0.767. The molecule has 29 heavy (non-hydrogen) atoms. The molecule has 0 aromatic heterocycles. The van der Waals surface area contributed by atoms with Gasteiger partial charge in [-0.15, -0.1) is 0 Å². The minimum atomic E-state index is -0.785. The van der Waals surface area contributed by atoms with E-state index in [1.807, 2.05) is 0 Å². The van der Waals surface area contributed by atoms with Crippen LogP contribution in [0.25, 0.3) is 0 Å². The van der Waals surface area contributed by atoms with E-state index < -0.39 is 30.9 Å². The summed E-state index contributed by atoms with van der Waals surface area (Å²) in [7, 11) is 0. The Balaban J connectivity index is 1.42. The molecule has 0 unspecified atom stereocenters. The Morgan fingerprint density at radius 2 is 1.93 bits per heavy atom. The van der Waals surface area contributed by atoms with Gasteiger partial charge >= 0.3 is 5.97 Å². The summed E-state index contributed by atoms with van der Waals surface area (Å²) in [4.78, 5) is 28.4. The minimum absolute atomic E-state index is 0.0110. The van der Waals surface area contributed by atoms with Gasteiger partial charge in [-0.25, -0.2) is 9.18 Å². The molecule has 1 amide bonds. The fraction of sp³-hybridized carbons (Fsp3) is 0.250. The molecule has 0 saturated carbocycles. The molecular weight excluding hydrogens is 383 g/mol. The summed E-state index contributed by atoms with van der Waals surface area (Å²) < 4.78 is 29.0. The van der Waals surface area contributed by atoms with Crippen molar-refractivity contribution in [1.29, 1.82) is 0 Å². The number of nitrogens with one attached hydrogen (secondary N) is 1. The van der Waals surface area contributed by atoms with Gasteiger partial charge in [-0.1, -0.05) is 11.2 Å². The van der Waals surface area contributed by atoms with Crippen LogP contribution in [0.1, 0.15) is 18.1 Å². The molecule has 0 atom stereocenters. The highest BCUT2D eigenvalue weighted by atomic mass is 19.1. The molecule has 1 heterocycles. The van der Waals surface area contributed by atoms with E-state index in [4.69, 9.17) is 19.0 Å². The quantitative estimate of drug-likeness (QED) is 0.435. The molecule has 2 aromatic rings. The summed E-state index contributed by atoms with van der Waals surface area (Å²) >= 11 is 0. The maximum atomic E-state index is 13.7.